The van der Waals surface area contributed by atoms with Gasteiger partial charge < -0.3 is 30.6 Å². The van der Waals surface area contributed by atoms with Crippen LogP contribution < -0.4 is 12.3 Å². The molecule has 0 saturated carbocycles. The van der Waals surface area contributed by atoms with Gasteiger partial charge in [0, 0.05) is 12.3 Å². The van der Waals surface area contributed by atoms with Crippen LogP contribution in [0.2, 0.25) is 0 Å². The fourth-order valence-electron chi connectivity index (χ4n) is 0. The zero-order valence-corrected chi connectivity index (χ0v) is 6.11. The van der Waals surface area contributed by atoms with E-state index in [4.69, 9.17) is 30.6 Å². The topological polar surface area (TPSA) is 193 Å². The summed E-state index contributed by atoms with van der Waals surface area (Å²) in [6.45, 7) is 0. The number of rotatable bonds is 0. The van der Waals surface area contributed by atoms with Crippen molar-refractivity contribution in [2.24, 2.45) is 0 Å². The quantitative estimate of drug-likeness (QED) is 0.289. The van der Waals surface area contributed by atoms with Crippen molar-refractivity contribution in [1.82, 2.24) is 12.3 Å². The average Bonchev–Trinajstić information content (AvgIpc) is 1.25. The summed E-state index contributed by atoms with van der Waals surface area (Å²) < 4.78 is 0. The van der Waals surface area contributed by atoms with Crippen molar-refractivity contribution in [2.45, 2.75) is 0 Å². The van der Waals surface area contributed by atoms with E-state index in [1.165, 1.54) is 0 Å². The van der Waals surface area contributed by atoms with E-state index in [0.29, 0.717) is 0 Å². The van der Waals surface area contributed by atoms with E-state index >= 15 is 0 Å². The normalized spacial score (nSPS) is 4.36. The van der Waals surface area contributed by atoms with Crippen LogP contribution >= 0.6 is 0 Å². The predicted octanol–water partition coefficient (Wildman–Crippen LogP) is -1.44. The second kappa shape index (κ2) is 23.1. The van der Waals surface area contributed by atoms with Gasteiger partial charge in [0.05, 0.1) is 10.2 Å². The summed E-state index contributed by atoms with van der Waals surface area (Å²) in [7, 11) is 0. The molecule has 0 atom stereocenters. The standard InChI is InChI=1S/2NO3.2N.Pd/c2*2-1(3)4;;;/q2*-1;;;+2. The Balaban J connectivity index is -0.0000000171. The van der Waals surface area contributed by atoms with Crippen LogP contribution in [0, 0.1) is 30.6 Å². The van der Waals surface area contributed by atoms with Crippen LogP contribution in [-0.2, 0) is 20.4 Å². The Morgan fingerprint density at radius 1 is 0.727 bits per heavy atom. The SMILES string of the molecule is O=[N+]([O-])[O-].O=[N+]([O-])[O-].[N].[N].[Pd+2]. The van der Waals surface area contributed by atoms with Gasteiger partial charge >= 0.3 is 20.4 Å². The molecule has 11 heavy (non-hydrogen) atoms. The van der Waals surface area contributed by atoms with Crippen LogP contribution in [0.1, 0.15) is 0 Å². The van der Waals surface area contributed by atoms with Crippen LogP contribution in [0.5, 0.6) is 0 Å². The minimum absolute atomic E-state index is 0. The van der Waals surface area contributed by atoms with Crippen molar-refractivity contribution < 1.29 is 30.6 Å². The zero-order chi connectivity index (χ0) is 7.15. The van der Waals surface area contributed by atoms with Crippen molar-refractivity contribution in [3.05, 3.63) is 30.6 Å². The maximum absolute atomic E-state index is 8.25. The first kappa shape index (κ1) is 32.4. The van der Waals surface area contributed by atoms with Crippen LogP contribution in [0.25, 0.3) is 0 Å². The van der Waals surface area contributed by atoms with Gasteiger partial charge in [-0.2, -0.15) is 0 Å². The fraction of sp³-hybridized carbons (Fsp3) is 0. The molecule has 0 aliphatic rings. The van der Waals surface area contributed by atoms with Crippen molar-refractivity contribution >= 4 is 0 Å². The Morgan fingerprint density at radius 3 is 0.727 bits per heavy atom. The number of nitrogens with zero attached hydrogens (tertiary/aromatic N) is 4. The van der Waals surface area contributed by atoms with Crippen LogP contribution in [-0.4, -0.2) is 10.2 Å². The molecular weight excluding hydrogens is 258 g/mol. The van der Waals surface area contributed by atoms with Gasteiger partial charge in [0.25, 0.3) is 0 Å². The van der Waals surface area contributed by atoms with Crippen molar-refractivity contribution in [3.8, 4) is 0 Å². The van der Waals surface area contributed by atoms with Gasteiger partial charge in [0.1, 0.15) is 0 Å². The Hall–Kier alpha value is -1.02. The molecule has 0 rings (SSSR count). The minimum atomic E-state index is -1.75. The van der Waals surface area contributed by atoms with Crippen LogP contribution in [0.3, 0.4) is 0 Å². The summed E-state index contributed by atoms with van der Waals surface area (Å²) in [6.07, 6.45) is 0. The smallest absolute Gasteiger partial charge is 0.356 e. The van der Waals surface area contributed by atoms with E-state index in [9.17, 15) is 0 Å². The summed E-state index contributed by atoms with van der Waals surface area (Å²) in [5, 5.41) is 29.5. The van der Waals surface area contributed by atoms with Crippen LogP contribution in [0.4, 0.5) is 0 Å². The molecule has 0 aliphatic carbocycles. The molecule has 0 saturated heterocycles. The molecule has 0 aliphatic heterocycles. The Bertz CT molecular complexity index is 72.6. The molecule has 0 aromatic carbocycles. The fourth-order valence-corrected chi connectivity index (χ4v) is 0. The van der Waals surface area contributed by atoms with Gasteiger partial charge in [0.2, 0.25) is 0 Å². The Morgan fingerprint density at radius 2 is 0.727 bits per heavy atom. The van der Waals surface area contributed by atoms with Gasteiger partial charge in [0.15, 0.2) is 0 Å². The molecule has 6 radical (unpaired) electrons. The molecule has 0 unspecified atom stereocenters. The maximum atomic E-state index is 8.25. The minimum Gasteiger partial charge on any atom is -0.356 e. The summed E-state index contributed by atoms with van der Waals surface area (Å²) in [4.78, 5) is 16.5. The third kappa shape index (κ3) is 423. The van der Waals surface area contributed by atoms with Crippen molar-refractivity contribution in [2.75, 3.05) is 0 Å². The maximum Gasteiger partial charge on any atom is 2.00 e. The number of hydrogen-bond acceptors (Lipinski definition) is 6. The molecule has 66 valence electrons. The first-order chi connectivity index (χ1) is 3.46. The molecule has 11 heteroatoms. The molecule has 0 heterocycles. The van der Waals surface area contributed by atoms with Crippen LogP contribution in [0.15, 0.2) is 0 Å². The van der Waals surface area contributed by atoms with E-state index in [0.717, 1.165) is 0 Å². The molecule has 0 fully saturated rings. The van der Waals surface area contributed by atoms with E-state index in [1.54, 1.807) is 0 Å². The largest absolute Gasteiger partial charge is 2.00 e. The third-order valence-corrected chi connectivity index (χ3v) is 0. The Labute approximate surface area is 74.2 Å². The molecule has 0 aromatic heterocycles. The molecule has 0 N–H and O–H groups in total. The van der Waals surface area contributed by atoms with Gasteiger partial charge in [-0.15, -0.1) is 0 Å². The predicted molar refractivity (Wildman–Crippen MR) is 25.0 cm³/mol. The van der Waals surface area contributed by atoms with Crippen molar-refractivity contribution in [3.63, 3.8) is 0 Å². The monoisotopic (exact) mass is 258 g/mol. The summed E-state index contributed by atoms with van der Waals surface area (Å²) in [6, 6.07) is 0. The summed E-state index contributed by atoms with van der Waals surface area (Å²) in [5.74, 6) is 0. The first-order valence-corrected chi connectivity index (χ1v) is 1.10. The second-order valence-corrected chi connectivity index (χ2v) is 0.447. The molecule has 0 amide bonds. The molecule has 0 aromatic rings. The van der Waals surface area contributed by atoms with Crippen molar-refractivity contribution in [1.29, 1.82) is 0 Å². The zero-order valence-electron chi connectivity index (χ0n) is 4.55. The summed E-state index contributed by atoms with van der Waals surface area (Å²) >= 11 is 0. The third-order valence-electron chi connectivity index (χ3n) is 0. The van der Waals surface area contributed by atoms with Gasteiger partial charge in [-0.3, -0.25) is 0 Å². The van der Waals surface area contributed by atoms with Gasteiger partial charge in [-0.1, -0.05) is 0 Å². The van der Waals surface area contributed by atoms with E-state index < -0.39 is 10.2 Å². The van der Waals surface area contributed by atoms with E-state index in [-0.39, 0.29) is 32.7 Å². The molecule has 0 spiro atoms. The molecule has 0 bridgehead atoms. The molecular formula is N4O6Pd. The number of hydrogen-bond donors (Lipinski definition) is 0. The second-order valence-electron chi connectivity index (χ2n) is 0.447. The van der Waals surface area contributed by atoms with Gasteiger partial charge in [-0.25, -0.2) is 0 Å². The molecule has 10 nitrogen and oxygen atoms in total. The summed E-state index contributed by atoms with van der Waals surface area (Å²) in [5.41, 5.74) is 0. The first-order valence-electron chi connectivity index (χ1n) is 1.10. The Kier molecular flexibility index (Phi) is 68.0. The average molecular weight is 258 g/mol. The van der Waals surface area contributed by atoms with E-state index in [1.807, 2.05) is 0 Å². The van der Waals surface area contributed by atoms with E-state index in [2.05, 4.69) is 0 Å². The van der Waals surface area contributed by atoms with Gasteiger partial charge in [-0.05, 0) is 0 Å².